The van der Waals surface area contributed by atoms with Crippen LogP contribution in [0.2, 0.25) is 0 Å². The molecule has 0 rings (SSSR count). The molecule has 90 valence electrons. The molecule has 0 heterocycles. The highest BCUT2D eigenvalue weighted by Crippen LogP contribution is 1.93. The summed E-state index contributed by atoms with van der Waals surface area (Å²) in [6, 6.07) is 0. The molecule has 0 unspecified atom stereocenters. The lowest BCUT2D eigenvalue weighted by Gasteiger charge is -2.22. The average molecular weight is 236 g/mol. The molecule has 0 aliphatic rings. The number of carbonyl (C=O) groups excluding carboxylic acids is 1. The molecule has 0 aromatic rings. The average Bonchev–Trinajstić information content (AvgIpc) is 2.00. The third kappa shape index (κ3) is 13.5. The Bertz CT molecular complexity index is 197. The predicted octanol–water partition coefficient (Wildman–Crippen LogP) is -1.40. The van der Waals surface area contributed by atoms with Crippen LogP contribution >= 0.6 is 0 Å². The standard InChI is InChI=1S/C11H22NO2.ClH/c1-5-6-7-8-9-14-11(13)10-12(2,3)4;/h6-7H,5,8-10H2,1-4H3;1H/q+1;/p-1. The molecule has 0 saturated heterocycles. The summed E-state index contributed by atoms with van der Waals surface area (Å²) in [5.74, 6) is -0.123. The number of halogens is 1. The normalized spacial score (nSPS) is 11.2. The van der Waals surface area contributed by atoms with Crippen LogP contribution in [0.4, 0.5) is 0 Å². The van der Waals surface area contributed by atoms with E-state index in [-0.39, 0.29) is 18.4 Å². The summed E-state index contributed by atoms with van der Waals surface area (Å²) in [5, 5.41) is 0. The van der Waals surface area contributed by atoms with E-state index in [0.29, 0.717) is 17.6 Å². The van der Waals surface area contributed by atoms with Crippen LogP contribution in [-0.2, 0) is 9.53 Å². The smallest absolute Gasteiger partial charge is 0.361 e. The highest BCUT2D eigenvalue weighted by molar-refractivity contribution is 5.70. The number of likely N-dealkylation sites (N-methyl/N-ethyl adjacent to an activating group) is 1. The predicted molar refractivity (Wildman–Crippen MR) is 57.9 cm³/mol. The first kappa shape index (κ1) is 16.9. The number of hydrogen-bond donors (Lipinski definition) is 0. The molecule has 4 heteroatoms. The van der Waals surface area contributed by atoms with Gasteiger partial charge in [0, 0.05) is 0 Å². The molecular weight excluding hydrogens is 214 g/mol. The van der Waals surface area contributed by atoms with Crippen LogP contribution in [0.1, 0.15) is 19.8 Å². The molecular formula is C11H22ClNO2. The zero-order chi connectivity index (χ0) is 11.0. The van der Waals surface area contributed by atoms with Gasteiger partial charge in [0.2, 0.25) is 0 Å². The summed E-state index contributed by atoms with van der Waals surface area (Å²) in [5.41, 5.74) is 0. The van der Waals surface area contributed by atoms with Crippen LogP contribution in [0.15, 0.2) is 12.2 Å². The zero-order valence-electron chi connectivity index (χ0n) is 10.1. The van der Waals surface area contributed by atoms with E-state index in [1.807, 2.05) is 27.2 Å². The second-order valence-corrected chi connectivity index (χ2v) is 4.34. The molecule has 0 aromatic heterocycles. The Kier molecular flexibility index (Phi) is 9.84. The van der Waals surface area contributed by atoms with E-state index in [1.165, 1.54) is 0 Å². The van der Waals surface area contributed by atoms with Crippen LogP contribution in [0.3, 0.4) is 0 Å². The number of quaternary nitrogens is 1. The van der Waals surface area contributed by atoms with Crippen molar-refractivity contribution in [1.82, 2.24) is 0 Å². The second-order valence-electron chi connectivity index (χ2n) is 4.34. The SMILES string of the molecule is CCC=CCCOC(=O)C[N+](C)(C)C.[Cl-]. The summed E-state index contributed by atoms with van der Waals surface area (Å²) in [6.45, 7) is 3.01. The van der Waals surface area contributed by atoms with Crippen molar-refractivity contribution in [2.24, 2.45) is 0 Å². The fraction of sp³-hybridized carbons (Fsp3) is 0.727. The first-order valence-corrected chi connectivity index (χ1v) is 5.07. The van der Waals surface area contributed by atoms with Crippen LogP contribution in [-0.4, -0.2) is 44.7 Å². The highest BCUT2D eigenvalue weighted by Gasteiger charge is 2.14. The lowest BCUT2D eigenvalue weighted by molar-refractivity contribution is -0.862. The monoisotopic (exact) mass is 235 g/mol. The molecule has 0 spiro atoms. The quantitative estimate of drug-likeness (QED) is 0.245. The van der Waals surface area contributed by atoms with Crippen LogP contribution in [0.25, 0.3) is 0 Å². The van der Waals surface area contributed by atoms with Gasteiger partial charge in [-0.3, -0.25) is 0 Å². The van der Waals surface area contributed by atoms with Gasteiger partial charge in [-0.05, 0) is 12.8 Å². The molecule has 0 atom stereocenters. The molecule has 0 fully saturated rings. The third-order valence-electron chi connectivity index (χ3n) is 1.55. The Labute approximate surface area is 99.1 Å². The minimum atomic E-state index is -0.123. The van der Waals surface area contributed by atoms with Gasteiger partial charge in [0.25, 0.3) is 0 Å². The van der Waals surface area contributed by atoms with Crippen LogP contribution in [0, 0.1) is 0 Å². The molecule has 0 bridgehead atoms. The van der Waals surface area contributed by atoms with Gasteiger partial charge in [-0.1, -0.05) is 19.1 Å². The number of rotatable bonds is 6. The summed E-state index contributed by atoms with van der Waals surface area (Å²) in [7, 11) is 5.91. The van der Waals surface area contributed by atoms with Crippen LogP contribution in [0.5, 0.6) is 0 Å². The minimum Gasteiger partial charge on any atom is -1.00 e. The van der Waals surface area contributed by atoms with Gasteiger partial charge >= 0.3 is 5.97 Å². The number of allylic oxidation sites excluding steroid dienone is 1. The Balaban J connectivity index is 0. The van der Waals surface area contributed by atoms with E-state index in [9.17, 15) is 4.79 Å². The van der Waals surface area contributed by atoms with Crippen molar-refractivity contribution in [2.45, 2.75) is 19.8 Å². The molecule has 0 aliphatic carbocycles. The van der Waals surface area contributed by atoms with E-state index < -0.39 is 0 Å². The molecule has 0 amide bonds. The van der Waals surface area contributed by atoms with E-state index in [0.717, 1.165) is 12.8 Å². The van der Waals surface area contributed by atoms with E-state index in [1.54, 1.807) is 0 Å². The van der Waals surface area contributed by atoms with Crippen molar-refractivity contribution in [3.63, 3.8) is 0 Å². The number of carbonyl (C=O) groups is 1. The molecule has 0 aromatic carbocycles. The van der Waals surface area contributed by atoms with Gasteiger partial charge in [-0.2, -0.15) is 0 Å². The lowest BCUT2D eigenvalue weighted by atomic mass is 10.3. The summed E-state index contributed by atoms with van der Waals surface area (Å²) in [4.78, 5) is 11.2. The number of esters is 1. The number of ether oxygens (including phenoxy) is 1. The maximum Gasteiger partial charge on any atom is 0.361 e. The molecule has 0 N–H and O–H groups in total. The number of hydrogen-bond acceptors (Lipinski definition) is 2. The number of nitrogens with zero attached hydrogens (tertiary/aromatic N) is 1. The van der Waals surface area contributed by atoms with Crippen molar-refractivity contribution in [3.8, 4) is 0 Å². The lowest BCUT2D eigenvalue weighted by Crippen LogP contribution is -3.00. The van der Waals surface area contributed by atoms with E-state index in [2.05, 4.69) is 13.0 Å². The topological polar surface area (TPSA) is 26.3 Å². The Hall–Kier alpha value is -0.540. The zero-order valence-corrected chi connectivity index (χ0v) is 10.9. The van der Waals surface area contributed by atoms with Gasteiger partial charge in [-0.15, -0.1) is 0 Å². The molecule has 15 heavy (non-hydrogen) atoms. The molecule has 3 nitrogen and oxygen atoms in total. The Morgan fingerprint density at radius 1 is 1.27 bits per heavy atom. The second kappa shape index (κ2) is 8.74. The van der Waals surface area contributed by atoms with Gasteiger partial charge in [0.1, 0.15) is 0 Å². The fourth-order valence-corrected chi connectivity index (χ4v) is 0.958. The first-order chi connectivity index (χ1) is 6.45. The van der Waals surface area contributed by atoms with Crippen molar-refractivity contribution in [3.05, 3.63) is 12.2 Å². The Morgan fingerprint density at radius 3 is 2.33 bits per heavy atom. The van der Waals surface area contributed by atoms with Crippen molar-refractivity contribution < 1.29 is 26.4 Å². The molecule has 0 radical (unpaired) electrons. The van der Waals surface area contributed by atoms with Crippen molar-refractivity contribution >= 4 is 5.97 Å². The minimum absolute atomic E-state index is 0. The van der Waals surface area contributed by atoms with Gasteiger partial charge in [0.05, 0.1) is 27.7 Å². The first-order valence-electron chi connectivity index (χ1n) is 5.07. The maximum atomic E-state index is 11.2. The van der Waals surface area contributed by atoms with Gasteiger partial charge < -0.3 is 21.6 Å². The summed E-state index contributed by atoms with van der Waals surface area (Å²) < 4.78 is 5.67. The highest BCUT2D eigenvalue weighted by atomic mass is 35.5. The maximum absolute atomic E-state index is 11.2. The third-order valence-corrected chi connectivity index (χ3v) is 1.55. The van der Waals surface area contributed by atoms with Crippen molar-refractivity contribution in [2.75, 3.05) is 34.3 Å². The molecule has 0 saturated carbocycles. The van der Waals surface area contributed by atoms with Crippen LogP contribution < -0.4 is 12.4 Å². The van der Waals surface area contributed by atoms with E-state index in [4.69, 9.17) is 4.74 Å². The van der Waals surface area contributed by atoms with Gasteiger partial charge in [-0.25, -0.2) is 4.79 Å². The fourth-order valence-electron chi connectivity index (χ4n) is 0.958. The Morgan fingerprint density at radius 2 is 1.87 bits per heavy atom. The van der Waals surface area contributed by atoms with Gasteiger partial charge in [0.15, 0.2) is 6.54 Å². The summed E-state index contributed by atoms with van der Waals surface area (Å²) in [6.07, 6.45) is 5.97. The van der Waals surface area contributed by atoms with Crippen molar-refractivity contribution in [1.29, 1.82) is 0 Å². The summed E-state index contributed by atoms with van der Waals surface area (Å²) >= 11 is 0. The van der Waals surface area contributed by atoms with E-state index >= 15 is 0 Å². The largest absolute Gasteiger partial charge is 1.00 e. The molecule has 0 aliphatic heterocycles.